The lowest BCUT2D eigenvalue weighted by Gasteiger charge is -2.14. The zero-order valence-corrected chi connectivity index (χ0v) is 11.7. The fourth-order valence-electron chi connectivity index (χ4n) is 2.43. The molecule has 1 aromatic heterocycles. The lowest BCUT2D eigenvalue weighted by molar-refractivity contribution is -0.105. The van der Waals surface area contributed by atoms with Crippen LogP contribution in [0.1, 0.15) is 44.7 Å². The first kappa shape index (κ1) is 14.4. The second-order valence-electron chi connectivity index (χ2n) is 5.31. The molecule has 1 fully saturated rings. The summed E-state index contributed by atoms with van der Waals surface area (Å²) < 4.78 is 5.37. The molecule has 0 bridgehead atoms. The van der Waals surface area contributed by atoms with Crippen molar-refractivity contribution in [3.05, 3.63) is 11.8 Å². The minimum atomic E-state index is -0.362. The van der Waals surface area contributed by atoms with Crippen LogP contribution in [0.2, 0.25) is 0 Å². The highest BCUT2D eigenvalue weighted by atomic mass is 16.6. The number of ether oxygens (including phenoxy) is 1. The van der Waals surface area contributed by atoms with E-state index in [9.17, 15) is 9.59 Å². The maximum absolute atomic E-state index is 11.5. The van der Waals surface area contributed by atoms with Crippen molar-refractivity contribution in [1.29, 1.82) is 0 Å². The SMILES string of the molecule is CC(C)NC(=O)OC1CCC(c2cc(NC=O)n[nH]2)C1. The normalized spacial score (nSPS) is 21.8. The Kier molecular flexibility index (Phi) is 4.60. The second-order valence-corrected chi connectivity index (χ2v) is 5.31. The van der Waals surface area contributed by atoms with Gasteiger partial charge in [-0.2, -0.15) is 5.10 Å². The Hall–Kier alpha value is -2.05. The molecule has 2 atom stereocenters. The number of rotatable bonds is 5. The number of carbonyl (C=O) groups excluding carboxylic acids is 2. The minimum Gasteiger partial charge on any atom is -0.446 e. The number of anilines is 1. The van der Waals surface area contributed by atoms with Gasteiger partial charge in [0.1, 0.15) is 6.10 Å². The third-order valence-corrected chi connectivity index (χ3v) is 3.31. The van der Waals surface area contributed by atoms with E-state index in [4.69, 9.17) is 4.74 Å². The van der Waals surface area contributed by atoms with E-state index in [0.717, 1.165) is 25.0 Å². The molecule has 1 aliphatic rings. The maximum Gasteiger partial charge on any atom is 0.407 e. The van der Waals surface area contributed by atoms with Crippen LogP contribution in [0, 0.1) is 0 Å². The van der Waals surface area contributed by atoms with Crippen molar-refractivity contribution in [3.63, 3.8) is 0 Å². The molecule has 20 heavy (non-hydrogen) atoms. The molecule has 1 heterocycles. The van der Waals surface area contributed by atoms with Gasteiger partial charge in [0.2, 0.25) is 6.41 Å². The van der Waals surface area contributed by atoms with Crippen LogP contribution in [0.4, 0.5) is 10.6 Å². The van der Waals surface area contributed by atoms with Gasteiger partial charge in [0.15, 0.2) is 5.82 Å². The molecule has 3 N–H and O–H groups in total. The monoisotopic (exact) mass is 280 g/mol. The summed E-state index contributed by atoms with van der Waals surface area (Å²) in [7, 11) is 0. The molecule has 110 valence electrons. The highest BCUT2D eigenvalue weighted by molar-refractivity contribution is 5.69. The van der Waals surface area contributed by atoms with Gasteiger partial charge in [-0.25, -0.2) is 4.79 Å². The molecule has 0 spiro atoms. The quantitative estimate of drug-likeness (QED) is 0.716. The van der Waals surface area contributed by atoms with E-state index in [1.54, 1.807) is 0 Å². The topological polar surface area (TPSA) is 96.1 Å². The van der Waals surface area contributed by atoms with Gasteiger partial charge >= 0.3 is 6.09 Å². The molecular weight excluding hydrogens is 260 g/mol. The summed E-state index contributed by atoms with van der Waals surface area (Å²) in [5, 5.41) is 12.1. The Balaban J connectivity index is 1.85. The first-order valence-electron chi connectivity index (χ1n) is 6.81. The van der Waals surface area contributed by atoms with Crippen molar-refractivity contribution in [2.24, 2.45) is 0 Å². The molecule has 2 unspecified atom stereocenters. The van der Waals surface area contributed by atoms with E-state index in [2.05, 4.69) is 20.8 Å². The second kappa shape index (κ2) is 6.40. The summed E-state index contributed by atoms with van der Waals surface area (Å²) in [4.78, 5) is 21.9. The van der Waals surface area contributed by atoms with Gasteiger partial charge in [0.25, 0.3) is 0 Å². The molecule has 1 aliphatic carbocycles. The summed E-state index contributed by atoms with van der Waals surface area (Å²) in [6.45, 7) is 3.79. The summed E-state index contributed by atoms with van der Waals surface area (Å²) in [6, 6.07) is 1.89. The van der Waals surface area contributed by atoms with Crippen LogP contribution in [0.15, 0.2) is 6.07 Å². The van der Waals surface area contributed by atoms with Crippen molar-refractivity contribution < 1.29 is 14.3 Å². The lowest BCUT2D eigenvalue weighted by atomic mass is 10.0. The van der Waals surface area contributed by atoms with Gasteiger partial charge in [0, 0.05) is 23.7 Å². The number of alkyl carbamates (subject to hydrolysis) is 1. The van der Waals surface area contributed by atoms with E-state index >= 15 is 0 Å². The average Bonchev–Trinajstić information content (AvgIpc) is 2.97. The first-order chi connectivity index (χ1) is 9.58. The Morgan fingerprint density at radius 2 is 2.35 bits per heavy atom. The molecule has 2 rings (SSSR count). The Morgan fingerprint density at radius 3 is 3.05 bits per heavy atom. The summed E-state index contributed by atoms with van der Waals surface area (Å²) in [6.07, 6.45) is 2.71. The zero-order chi connectivity index (χ0) is 14.5. The number of nitrogens with zero attached hydrogens (tertiary/aromatic N) is 1. The molecule has 0 aromatic carbocycles. The predicted octanol–water partition coefficient (Wildman–Crippen LogP) is 1.75. The van der Waals surface area contributed by atoms with E-state index in [1.807, 2.05) is 19.9 Å². The number of aromatic amines is 1. The molecule has 7 heteroatoms. The number of aromatic nitrogens is 2. The van der Waals surface area contributed by atoms with Gasteiger partial charge in [0.05, 0.1) is 0 Å². The minimum absolute atomic E-state index is 0.0652. The smallest absolute Gasteiger partial charge is 0.407 e. The Labute approximate surface area is 117 Å². The fourth-order valence-corrected chi connectivity index (χ4v) is 2.43. The van der Waals surface area contributed by atoms with Crippen LogP contribution in [-0.2, 0) is 9.53 Å². The summed E-state index contributed by atoms with van der Waals surface area (Å²) in [5.41, 5.74) is 0.963. The van der Waals surface area contributed by atoms with Gasteiger partial charge in [-0.3, -0.25) is 9.89 Å². The average molecular weight is 280 g/mol. The third-order valence-electron chi connectivity index (χ3n) is 3.31. The number of nitrogens with one attached hydrogen (secondary N) is 3. The number of carbonyl (C=O) groups is 2. The van der Waals surface area contributed by atoms with Gasteiger partial charge in [-0.1, -0.05) is 0 Å². The number of hydrogen-bond donors (Lipinski definition) is 3. The molecule has 1 saturated carbocycles. The summed E-state index contributed by atoms with van der Waals surface area (Å²) in [5.74, 6) is 0.790. The maximum atomic E-state index is 11.5. The lowest BCUT2D eigenvalue weighted by Crippen LogP contribution is -2.33. The van der Waals surface area contributed by atoms with Gasteiger partial charge < -0.3 is 15.4 Å². The van der Waals surface area contributed by atoms with E-state index in [1.165, 1.54) is 0 Å². The van der Waals surface area contributed by atoms with Gasteiger partial charge in [-0.05, 0) is 33.1 Å². The Morgan fingerprint density at radius 1 is 1.55 bits per heavy atom. The molecule has 1 aromatic rings. The van der Waals surface area contributed by atoms with Gasteiger partial charge in [-0.15, -0.1) is 0 Å². The van der Waals surface area contributed by atoms with Crippen LogP contribution in [0.3, 0.4) is 0 Å². The predicted molar refractivity (Wildman–Crippen MR) is 73.4 cm³/mol. The first-order valence-corrected chi connectivity index (χ1v) is 6.81. The van der Waals surface area contributed by atoms with Crippen molar-refractivity contribution in [3.8, 4) is 0 Å². The molecule has 0 aliphatic heterocycles. The van der Waals surface area contributed by atoms with E-state index in [-0.39, 0.29) is 24.2 Å². The molecule has 0 saturated heterocycles. The highest BCUT2D eigenvalue weighted by Crippen LogP contribution is 2.35. The fraction of sp³-hybridized carbons (Fsp3) is 0.615. The largest absolute Gasteiger partial charge is 0.446 e. The number of hydrogen-bond acceptors (Lipinski definition) is 4. The van der Waals surface area contributed by atoms with Crippen LogP contribution in [-0.4, -0.2) is 34.8 Å². The molecular formula is C13H20N4O3. The zero-order valence-electron chi connectivity index (χ0n) is 11.7. The number of H-pyrrole nitrogens is 1. The number of amides is 2. The Bertz CT molecular complexity index is 472. The van der Waals surface area contributed by atoms with Crippen LogP contribution < -0.4 is 10.6 Å². The van der Waals surface area contributed by atoms with Crippen molar-refractivity contribution in [1.82, 2.24) is 15.5 Å². The van der Waals surface area contributed by atoms with Crippen LogP contribution in [0.25, 0.3) is 0 Å². The van der Waals surface area contributed by atoms with Crippen molar-refractivity contribution in [2.45, 2.75) is 51.2 Å². The third kappa shape index (κ3) is 3.72. The van der Waals surface area contributed by atoms with Crippen molar-refractivity contribution >= 4 is 18.3 Å². The van der Waals surface area contributed by atoms with Crippen LogP contribution >= 0.6 is 0 Å². The van der Waals surface area contributed by atoms with Crippen LogP contribution in [0.5, 0.6) is 0 Å². The summed E-state index contributed by atoms with van der Waals surface area (Å²) >= 11 is 0. The van der Waals surface area contributed by atoms with E-state index < -0.39 is 0 Å². The standard InChI is InChI=1S/C13H20N4O3/c1-8(2)15-13(19)20-10-4-3-9(5-10)11-6-12(14-7-18)17-16-11/h6-10H,3-5H2,1-2H3,(H,15,19)(H2,14,16,17,18). The molecule has 2 amide bonds. The molecule has 0 radical (unpaired) electrons. The van der Waals surface area contributed by atoms with Crippen molar-refractivity contribution in [2.75, 3.05) is 5.32 Å². The highest BCUT2D eigenvalue weighted by Gasteiger charge is 2.29. The molecule has 7 nitrogen and oxygen atoms in total. The van der Waals surface area contributed by atoms with E-state index in [0.29, 0.717) is 12.2 Å².